The number of nitrogens with one attached hydrogen (secondary N) is 2. The molecule has 2 heterocycles. The Balaban J connectivity index is 1.55. The maximum absolute atomic E-state index is 10.0. The van der Waals surface area contributed by atoms with Crippen LogP contribution in [0.25, 0.3) is 11.0 Å². The van der Waals surface area contributed by atoms with E-state index in [0.717, 1.165) is 58.6 Å². The SMILES string of the molecule is NCc1ccc(CN(Cc2nc3ccccc3[nH]2)c2cccc3c2NCCC3)c(CO)c1. The molecule has 5 N–H and O–H groups in total. The highest BCUT2D eigenvalue weighted by molar-refractivity contribution is 5.76. The molecule has 0 amide bonds. The Labute approximate surface area is 188 Å². The zero-order valence-electron chi connectivity index (χ0n) is 18.1. The summed E-state index contributed by atoms with van der Waals surface area (Å²) >= 11 is 0. The van der Waals surface area contributed by atoms with Crippen molar-refractivity contribution in [1.82, 2.24) is 9.97 Å². The molecule has 1 aliphatic rings. The van der Waals surface area contributed by atoms with Gasteiger partial charge in [0, 0.05) is 19.6 Å². The van der Waals surface area contributed by atoms with Gasteiger partial charge in [-0.05, 0) is 53.3 Å². The predicted octanol–water partition coefficient (Wildman–Crippen LogP) is 4.08. The van der Waals surface area contributed by atoms with Crippen LogP contribution in [0.1, 0.15) is 34.5 Å². The molecular formula is C26H29N5O. The summed E-state index contributed by atoms with van der Waals surface area (Å²) in [4.78, 5) is 10.6. The van der Waals surface area contributed by atoms with Crippen LogP contribution in [0, 0.1) is 0 Å². The molecule has 0 unspecified atom stereocenters. The summed E-state index contributed by atoms with van der Waals surface area (Å²) in [5.74, 6) is 0.920. The molecule has 5 rings (SSSR count). The monoisotopic (exact) mass is 427 g/mol. The minimum atomic E-state index is -0.00714. The molecule has 0 bridgehead atoms. The van der Waals surface area contributed by atoms with E-state index in [0.29, 0.717) is 19.6 Å². The van der Waals surface area contributed by atoms with Gasteiger partial charge in [0.2, 0.25) is 0 Å². The van der Waals surface area contributed by atoms with Gasteiger partial charge in [0.05, 0.1) is 35.6 Å². The molecule has 6 heteroatoms. The van der Waals surface area contributed by atoms with Gasteiger partial charge in [-0.15, -0.1) is 0 Å². The van der Waals surface area contributed by atoms with Crippen LogP contribution in [0.4, 0.5) is 11.4 Å². The van der Waals surface area contributed by atoms with Gasteiger partial charge in [-0.3, -0.25) is 0 Å². The summed E-state index contributed by atoms with van der Waals surface area (Å²) < 4.78 is 0. The Morgan fingerprint density at radius 1 is 1.00 bits per heavy atom. The molecule has 3 aromatic carbocycles. The topological polar surface area (TPSA) is 90.2 Å². The average Bonchev–Trinajstić information content (AvgIpc) is 3.26. The lowest BCUT2D eigenvalue weighted by Gasteiger charge is -2.30. The number of nitrogens with zero attached hydrogens (tertiary/aromatic N) is 2. The van der Waals surface area contributed by atoms with Gasteiger partial charge in [0.15, 0.2) is 0 Å². The number of rotatable bonds is 7. The zero-order valence-corrected chi connectivity index (χ0v) is 18.1. The Hall–Kier alpha value is -3.35. The number of para-hydroxylation sites is 3. The van der Waals surface area contributed by atoms with Crippen LogP contribution < -0.4 is 16.0 Å². The number of aliphatic hydroxyl groups is 1. The Morgan fingerprint density at radius 3 is 2.75 bits per heavy atom. The highest BCUT2D eigenvalue weighted by atomic mass is 16.3. The number of imidazole rings is 1. The molecule has 0 radical (unpaired) electrons. The fraction of sp³-hybridized carbons (Fsp3) is 0.269. The number of aryl methyl sites for hydroxylation is 1. The van der Waals surface area contributed by atoms with E-state index in [1.165, 1.54) is 11.3 Å². The van der Waals surface area contributed by atoms with E-state index in [1.54, 1.807) is 0 Å². The van der Waals surface area contributed by atoms with Crippen molar-refractivity contribution in [1.29, 1.82) is 0 Å². The Bertz CT molecular complexity index is 1200. The largest absolute Gasteiger partial charge is 0.392 e. The highest BCUT2D eigenvalue weighted by Crippen LogP contribution is 2.35. The minimum Gasteiger partial charge on any atom is -0.392 e. The molecule has 0 spiro atoms. The number of aliphatic hydroxyl groups excluding tert-OH is 1. The number of aromatic amines is 1. The number of anilines is 2. The van der Waals surface area contributed by atoms with Crippen molar-refractivity contribution in [3.05, 3.63) is 88.7 Å². The third kappa shape index (κ3) is 4.07. The van der Waals surface area contributed by atoms with E-state index in [1.807, 2.05) is 30.3 Å². The number of H-pyrrole nitrogens is 1. The molecule has 0 saturated heterocycles. The van der Waals surface area contributed by atoms with Crippen molar-refractivity contribution in [2.75, 3.05) is 16.8 Å². The molecule has 0 fully saturated rings. The molecular weight excluding hydrogens is 398 g/mol. The number of nitrogens with two attached hydrogens (primary N) is 1. The van der Waals surface area contributed by atoms with E-state index in [2.05, 4.69) is 45.5 Å². The smallest absolute Gasteiger partial charge is 0.126 e. The lowest BCUT2D eigenvalue weighted by molar-refractivity contribution is 0.280. The summed E-state index contributed by atoms with van der Waals surface area (Å²) in [6.45, 7) is 2.74. The van der Waals surface area contributed by atoms with Gasteiger partial charge in [0.25, 0.3) is 0 Å². The third-order valence-corrected chi connectivity index (χ3v) is 6.21. The molecule has 0 atom stereocenters. The fourth-order valence-corrected chi connectivity index (χ4v) is 4.56. The number of fused-ring (bicyclic) bond motifs is 2. The molecule has 0 saturated carbocycles. The zero-order chi connectivity index (χ0) is 21.9. The van der Waals surface area contributed by atoms with Crippen molar-refractivity contribution in [3.63, 3.8) is 0 Å². The van der Waals surface area contributed by atoms with Crippen LogP contribution in [-0.2, 0) is 32.7 Å². The quantitative estimate of drug-likeness (QED) is 0.357. The summed E-state index contributed by atoms with van der Waals surface area (Å²) in [6.07, 6.45) is 2.23. The predicted molar refractivity (Wildman–Crippen MR) is 129 cm³/mol. The maximum Gasteiger partial charge on any atom is 0.126 e. The average molecular weight is 428 g/mol. The van der Waals surface area contributed by atoms with Crippen LogP contribution >= 0.6 is 0 Å². The summed E-state index contributed by atoms with van der Waals surface area (Å²) in [7, 11) is 0. The van der Waals surface area contributed by atoms with Crippen LogP contribution in [-0.4, -0.2) is 21.6 Å². The van der Waals surface area contributed by atoms with Crippen LogP contribution in [0.5, 0.6) is 0 Å². The lowest BCUT2D eigenvalue weighted by Crippen LogP contribution is -2.26. The Morgan fingerprint density at radius 2 is 1.91 bits per heavy atom. The van der Waals surface area contributed by atoms with Crippen molar-refractivity contribution in [2.24, 2.45) is 5.73 Å². The number of hydrogen-bond donors (Lipinski definition) is 4. The molecule has 1 aromatic heterocycles. The molecule has 164 valence electrons. The van der Waals surface area contributed by atoms with Crippen LogP contribution in [0.15, 0.2) is 60.7 Å². The molecule has 32 heavy (non-hydrogen) atoms. The second-order valence-electron chi connectivity index (χ2n) is 8.36. The van der Waals surface area contributed by atoms with E-state index >= 15 is 0 Å². The molecule has 0 aliphatic carbocycles. The highest BCUT2D eigenvalue weighted by Gasteiger charge is 2.20. The van der Waals surface area contributed by atoms with Crippen molar-refractivity contribution < 1.29 is 5.11 Å². The van der Waals surface area contributed by atoms with Crippen molar-refractivity contribution in [3.8, 4) is 0 Å². The lowest BCUT2D eigenvalue weighted by atomic mass is 10.0. The summed E-state index contributed by atoms with van der Waals surface area (Å²) in [6, 6.07) is 20.8. The second kappa shape index (κ2) is 9.02. The van der Waals surface area contributed by atoms with E-state index < -0.39 is 0 Å². The maximum atomic E-state index is 10.0. The van der Waals surface area contributed by atoms with Gasteiger partial charge in [-0.2, -0.15) is 0 Å². The second-order valence-corrected chi connectivity index (χ2v) is 8.36. The molecule has 1 aliphatic heterocycles. The van der Waals surface area contributed by atoms with E-state index in [4.69, 9.17) is 10.7 Å². The van der Waals surface area contributed by atoms with E-state index in [9.17, 15) is 5.11 Å². The van der Waals surface area contributed by atoms with Gasteiger partial charge >= 0.3 is 0 Å². The first-order valence-electron chi connectivity index (χ1n) is 11.2. The number of benzene rings is 3. The fourth-order valence-electron chi connectivity index (χ4n) is 4.56. The van der Waals surface area contributed by atoms with Crippen molar-refractivity contribution >= 4 is 22.4 Å². The minimum absolute atomic E-state index is 0.00714. The van der Waals surface area contributed by atoms with Crippen molar-refractivity contribution in [2.45, 2.75) is 39.1 Å². The first kappa shape index (κ1) is 20.5. The summed E-state index contributed by atoms with van der Waals surface area (Å²) in [5.41, 5.74) is 14.6. The number of hydrogen-bond acceptors (Lipinski definition) is 5. The number of aromatic nitrogens is 2. The van der Waals surface area contributed by atoms with Crippen LogP contribution in [0.3, 0.4) is 0 Å². The molecule has 4 aromatic rings. The van der Waals surface area contributed by atoms with Gasteiger partial charge in [-0.25, -0.2) is 4.98 Å². The van der Waals surface area contributed by atoms with E-state index in [-0.39, 0.29) is 6.61 Å². The first-order chi connectivity index (χ1) is 15.7. The van der Waals surface area contributed by atoms with Gasteiger partial charge < -0.3 is 26.0 Å². The van der Waals surface area contributed by atoms with Crippen LogP contribution in [0.2, 0.25) is 0 Å². The molecule has 6 nitrogen and oxygen atoms in total. The summed E-state index contributed by atoms with van der Waals surface area (Å²) in [5, 5.41) is 13.6. The Kier molecular flexibility index (Phi) is 5.79. The van der Waals surface area contributed by atoms with Gasteiger partial charge in [-0.1, -0.05) is 42.5 Å². The first-order valence-corrected chi connectivity index (χ1v) is 11.2. The van der Waals surface area contributed by atoms with Gasteiger partial charge in [0.1, 0.15) is 5.82 Å². The standard InChI is InChI=1S/C26H29N5O/c27-14-18-10-11-20(21(13-18)17-32)15-31(16-25-29-22-7-1-2-8-23(22)30-25)24-9-3-5-19-6-4-12-28-26(19)24/h1-3,5,7-11,13,28,32H,4,6,12,14-17,27H2,(H,29,30). The normalized spacial score (nSPS) is 13.1. The third-order valence-electron chi connectivity index (χ3n) is 6.21.